The summed E-state index contributed by atoms with van der Waals surface area (Å²) in [5, 5.41) is 2.15. The molecule has 0 bridgehead atoms. The molecule has 0 aliphatic rings. The van der Waals surface area contributed by atoms with Crippen molar-refractivity contribution in [2.45, 2.75) is 20.0 Å². The molecule has 10 aromatic rings. The minimum atomic E-state index is -4.53. The summed E-state index contributed by atoms with van der Waals surface area (Å²) in [5.41, 5.74) is 12.0. The van der Waals surface area contributed by atoms with Gasteiger partial charge in [-0.05, 0) is 107 Å². The number of benzene rings is 8. The highest BCUT2D eigenvalue weighted by Crippen LogP contribution is 2.41. The van der Waals surface area contributed by atoms with E-state index in [4.69, 9.17) is 15.0 Å². The first kappa shape index (κ1) is 37.6. The average molecular weight is 799 g/mol. The Kier molecular flexibility index (Phi) is 9.37. The van der Waals surface area contributed by atoms with E-state index in [0.717, 1.165) is 66.9 Å². The monoisotopic (exact) mass is 798 g/mol. The van der Waals surface area contributed by atoms with Gasteiger partial charge >= 0.3 is 6.18 Å². The van der Waals surface area contributed by atoms with Crippen LogP contribution in [-0.2, 0) is 6.18 Å². The highest BCUT2D eigenvalue weighted by atomic mass is 19.4. The van der Waals surface area contributed by atoms with Gasteiger partial charge in [0.05, 0.1) is 16.6 Å². The number of alkyl halides is 3. The fourth-order valence-electron chi connectivity index (χ4n) is 8.33. The van der Waals surface area contributed by atoms with Crippen LogP contribution in [0, 0.1) is 13.8 Å². The van der Waals surface area contributed by atoms with Crippen LogP contribution < -0.4 is 0 Å². The first-order valence-corrected chi connectivity index (χ1v) is 20.1. The van der Waals surface area contributed by atoms with Gasteiger partial charge in [0.25, 0.3) is 0 Å². The maximum absolute atomic E-state index is 14.2. The zero-order chi connectivity index (χ0) is 41.7. The van der Waals surface area contributed by atoms with E-state index in [1.807, 2.05) is 78.9 Å². The largest absolute Gasteiger partial charge is 0.416 e. The van der Waals surface area contributed by atoms with Gasteiger partial charge in [-0.2, -0.15) is 13.2 Å². The number of hydrogen-bond acceptors (Lipinski definition) is 3. The van der Waals surface area contributed by atoms with Gasteiger partial charge in [0.15, 0.2) is 17.5 Å². The molecule has 8 aromatic carbocycles. The molecule has 0 aliphatic heterocycles. The molecule has 2 heterocycles. The second kappa shape index (κ2) is 15.2. The van der Waals surface area contributed by atoms with Gasteiger partial charge in [0.2, 0.25) is 0 Å². The third-order valence-corrected chi connectivity index (χ3v) is 11.4. The number of rotatable bonds is 7. The molecule has 0 fully saturated rings. The van der Waals surface area contributed by atoms with Crippen molar-refractivity contribution in [2.24, 2.45) is 0 Å². The minimum Gasteiger partial charge on any atom is -0.309 e. The van der Waals surface area contributed by atoms with Gasteiger partial charge < -0.3 is 4.57 Å². The van der Waals surface area contributed by atoms with E-state index in [0.29, 0.717) is 34.2 Å². The molecule has 0 unspecified atom stereocenters. The van der Waals surface area contributed by atoms with E-state index in [9.17, 15) is 13.2 Å². The molecule has 7 heteroatoms. The van der Waals surface area contributed by atoms with Gasteiger partial charge in [-0.1, -0.05) is 140 Å². The Balaban J connectivity index is 1.26. The Morgan fingerprint density at radius 3 is 1.38 bits per heavy atom. The quantitative estimate of drug-likeness (QED) is 0.161. The first-order chi connectivity index (χ1) is 29.7. The van der Waals surface area contributed by atoms with E-state index in [1.165, 1.54) is 23.3 Å². The lowest BCUT2D eigenvalue weighted by atomic mass is 9.96. The van der Waals surface area contributed by atoms with E-state index in [1.54, 1.807) is 6.07 Å². The number of nitrogens with zero attached hydrogens (tertiary/aromatic N) is 4. The molecular weight excluding hydrogens is 762 g/mol. The van der Waals surface area contributed by atoms with Crippen molar-refractivity contribution in [2.75, 3.05) is 0 Å². The van der Waals surface area contributed by atoms with Crippen molar-refractivity contribution in [3.8, 4) is 73.2 Å². The summed E-state index contributed by atoms with van der Waals surface area (Å²) in [6.45, 7) is 4.25. The van der Waals surface area contributed by atoms with Crippen LogP contribution >= 0.6 is 0 Å². The van der Waals surface area contributed by atoms with Crippen LogP contribution in [-0.4, -0.2) is 19.5 Å². The smallest absolute Gasteiger partial charge is 0.309 e. The molecular formula is C54H37F3N4. The second-order valence-electron chi connectivity index (χ2n) is 15.3. The number of fused-ring (bicyclic) bond motifs is 3. The second-order valence-corrected chi connectivity index (χ2v) is 15.3. The van der Waals surface area contributed by atoms with E-state index in [2.05, 4.69) is 103 Å². The van der Waals surface area contributed by atoms with Crippen LogP contribution in [0.15, 0.2) is 188 Å². The summed E-state index contributed by atoms with van der Waals surface area (Å²) in [5.74, 6) is 1.25. The van der Waals surface area contributed by atoms with Crippen LogP contribution in [0.3, 0.4) is 0 Å². The van der Waals surface area contributed by atoms with Gasteiger partial charge in [0, 0.05) is 33.2 Å². The molecule has 0 amide bonds. The molecule has 294 valence electrons. The van der Waals surface area contributed by atoms with E-state index in [-0.39, 0.29) is 0 Å². The zero-order valence-electron chi connectivity index (χ0n) is 33.3. The lowest BCUT2D eigenvalue weighted by Gasteiger charge is -2.16. The van der Waals surface area contributed by atoms with Crippen LogP contribution in [0.4, 0.5) is 13.2 Å². The molecule has 0 aliphatic carbocycles. The topological polar surface area (TPSA) is 43.6 Å². The number of halogens is 3. The summed E-state index contributed by atoms with van der Waals surface area (Å²) in [6.07, 6.45) is -4.53. The highest BCUT2D eigenvalue weighted by Gasteiger charge is 2.31. The Morgan fingerprint density at radius 2 is 0.852 bits per heavy atom. The molecule has 61 heavy (non-hydrogen) atoms. The lowest BCUT2D eigenvalue weighted by molar-refractivity contribution is -0.137. The predicted molar refractivity (Wildman–Crippen MR) is 241 cm³/mol. The predicted octanol–water partition coefficient (Wildman–Crippen LogP) is 14.6. The summed E-state index contributed by atoms with van der Waals surface area (Å²) >= 11 is 0. The molecule has 0 N–H and O–H groups in total. The van der Waals surface area contributed by atoms with Crippen molar-refractivity contribution in [3.05, 3.63) is 205 Å². The SMILES string of the molecule is Cc1ccccc1-c1ccc2c(c1)c1cc(-c3ccccc3C)ccc1n2-c1ccc(-c2cccc(C(F)(F)F)c2)c(-c2nc(-c3ccccc3)nc(-c3ccccc3)n2)c1. The van der Waals surface area contributed by atoms with Gasteiger partial charge in [0.1, 0.15) is 0 Å². The Hall–Kier alpha value is -7.64. The maximum Gasteiger partial charge on any atom is 0.416 e. The Morgan fingerprint density at radius 1 is 0.377 bits per heavy atom. The van der Waals surface area contributed by atoms with E-state index < -0.39 is 11.7 Å². The van der Waals surface area contributed by atoms with Crippen molar-refractivity contribution in [1.29, 1.82) is 0 Å². The van der Waals surface area contributed by atoms with Gasteiger partial charge in [-0.25, -0.2) is 15.0 Å². The highest BCUT2D eigenvalue weighted by molar-refractivity contribution is 6.12. The standard InChI is InChI=1S/C54H37F3N4/c1-34-14-9-11-22-43(34)39-24-28-49-46(31-39)47-32-40(44-23-12-10-15-35(44)2)25-29-50(47)61(49)42-26-27-45(38-20-13-21-41(30-38)54(55,56)57)48(33-42)53-59-51(36-16-5-3-6-17-36)58-52(60-53)37-18-7-4-8-19-37/h3-33H,1-2H3. The van der Waals surface area contributed by atoms with Crippen LogP contribution in [0.1, 0.15) is 16.7 Å². The van der Waals surface area contributed by atoms with Crippen LogP contribution in [0.2, 0.25) is 0 Å². The van der Waals surface area contributed by atoms with Gasteiger partial charge in [-0.15, -0.1) is 0 Å². The normalized spacial score (nSPS) is 11.7. The molecule has 0 spiro atoms. The molecule has 0 atom stereocenters. The number of aromatic nitrogens is 4. The number of hydrogen-bond donors (Lipinski definition) is 0. The average Bonchev–Trinajstić information content (AvgIpc) is 3.62. The van der Waals surface area contributed by atoms with Gasteiger partial charge in [-0.3, -0.25) is 0 Å². The summed E-state index contributed by atoms with van der Waals surface area (Å²) in [4.78, 5) is 15.0. The molecule has 0 saturated carbocycles. The molecule has 0 radical (unpaired) electrons. The Labute approximate surface area is 351 Å². The summed E-state index contributed by atoms with van der Waals surface area (Å²) in [7, 11) is 0. The van der Waals surface area contributed by atoms with Crippen molar-refractivity contribution < 1.29 is 13.2 Å². The van der Waals surface area contributed by atoms with Crippen molar-refractivity contribution in [3.63, 3.8) is 0 Å². The van der Waals surface area contributed by atoms with Crippen molar-refractivity contribution in [1.82, 2.24) is 19.5 Å². The maximum atomic E-state index is 14.2. The molecule has 4 nitrogen and oxygen atoms in total. The number of aryl methyl sites for hydroxylation is 2. The third-order valence-electron chi connectivity index (χ3n) is 11.4. The molecule has 0 saturated heterocycles. The third kappa shape index (κ3) is 7.04. The molecule has 10 rings (SSSR count). The lowest BCUT2D eigenvalue weighted by Crippen LogP contribution is -2.05. The summed E-state index contributed by atoms with van der Waals surface area (Å²) in [6, 6.07) is 60.5. The minimum absolute atomic E-state index is 0.339. The fraction of sp³-hybridized carbons (Fsp3) is 0.0556. The van der Waals surface area contributed by atoms with Crippen LogP contribution in [0.25, 0.3) is 95.0 Å². The molecule has 2 aromatic heterocycles. The Bertz CT molecular complexity index is 3100. The van der Waals surface area contributed by atoms with Crippen molar-refractivity contribution >= 4 is 21.8 Å². The van der Waals surface area contributed by atoms with E-state index >= 15 is 0 Å². The first-order valence-electron chi connectivity index (χ1n) is 20.1. The zero-order valence-corrected chi connectivity index (χ0v) is 33.3. The fourth-order valence-corrected chi connectivity index (χ4v) is 8.33. The van der Waals surface area contributed by atoms with Crippen LogP contribution in [0.5, 0.6) is 0 Å². The summed E-state index contributed by atoms with van der Waals surface area (Å²) < 4.78 is 44.9.